The summed E-state index contributed by atoms with van der Waals surface area (Å²) in [5, 5.41) is 9.17. The van der Waals surface area contributed by atoms with Gasteiger partial charge < -0.3 is 16.0 Å². The second kappa shape index (κ2) is 8.87. The molecule has 21 heavy (non-hydrogen) atoms. The first-order valence-corrected chi connectivity index (χ1v) is 7.07. The molecule has 1 saturated heterocycles. The molecule has 1 heterocycles. The summed E-state index contributed by atoms with van der Waals surface area (Å²) < 4.78 is 0. The van der Waals surface area contributed by atoms with Crippen LogP contribution in [0.4, 0.5) is 5.69 Å². The van der Waals surface area contributed by atoms with Crippen molar-refractivity contribution in [3.63, 3.8) is 0 Å². The number of rotatable bonds is 5. The first-order chi connectivity index (χ1) is 9.63. The van der Waals surface area contributed by atoms with Crippen molar-refractivity contribution in [1.82, 2.24) is 10.6 Å². The summed E-state index contributed by atoms with van der Waals surface area (Å²) in [6.07, 6.45) is 2.55. The molecule has 1 atom stereocenters. The number of benzene rings is 1. The van der Waals surface area contributed by atoms with E-state index >= 15 is 0 Å². The van der Waals surface area contributed by atoms with Crippen molar-refractivity contribution in [2.45, 2.75) is 25.3 Å². The van der Waals surface area contributed by atoms with Gasteiger partial charge in [-0.1, -0.05) is 11.6 Å². The molecular weight excluding hydrogens is 313 g/mol. The molecule has 0 aromatic heterocycles. The number of amides is 2. The highest BCUT2D eigenvalue weighted by Gasteiger charge is 2.17. The number of anilines is 1. The van der Waals surface area contributed by atoms with Crippen LogP contribution in [0.25, 0.3) is 0 Å². The molecule has 2 rings (SSSR count). The average Bonchev–Trinajstić information content (AvgIpc) is 2.92. The molecular formula is C14H19Cl2N3O2. The van der Waals surface area contributed by atoms with Crippen LogP contribution in [0.2, 0.25) is 5.02 Å². The monoisotopic (exact) mass is 331 g/mol. The number of nitrogens with one attached hydrogen (secondary N) is 3. The van der Waals surface area contributed by atoms with Crippen molar-refractivity contribution in [2.75, 3.05) is 18.4 Å². The summed E-state index contributed by atoms with van der Waals surface area (Å²) in [7, 11) is 0. The Morgan fingerprint density at radius 3 is 2.57 bits per heavy atom. The fourth-order valence-corrected chi connectivity index (χ4v) is 2.27. The van der Waals surface area contributed by atoms with E-state index in [4.69, 9.17) is 11.6 Å². The largest absolute Gasteiger partial charge is 0.347 e. The van der Waals surface area contributed by atoms with Crippen LogP contribution in [0.3, 0.4) is 0 Å². The fraction of sp³-hybridized carbons (Fsp3) is 0.429. The van der Waals surface area contributed by atoms with Crippen molar-refractivity contribution >= 4 is 41.5 Å². The molecule has 1 aromatic rings. The van der Waals surface area contributed by atoms with Gasteiger partial charge in [0.2, 0.25) is 11.8 Å². The van der Waals surface area contributed by atoms with Gasteiger partial charge in [0.25, 0.3) is 0 Å². The Kier molecular flexibility index (Phi) is 7.50. The molecule has 2 amide bonds. The predicted molar refractivity (Wildman–Crippen MR) is 86.0 cm³/mol. The van der Waals surface area contributed by atoms with Gasteiger partial charge in [0.1, 0.15) is 0 Å². The number of hydrogen-bond acceptors (Lipinski definition) is 3. The third-order valence-corrected chi connectivity index (χ3v) is 3.42. The summed E-state index contributed by atoms with van der Waals surface area (Å²) in [4.78, 5) is 23.3. The van der Waals surface area contributed by atoms with Crippen molar-refractivity contribution in [3.8, 4) is 0 Å². The highest BCUT2D eigenvalue weighted by Crippen LogP contribution is 2.13. The van der Waals surface area contributed by atoms with Gasteiger partial charge in [-0.15, -0.1) is 12.4 Å². The normalized spacial score (nSPS) is 16.9. The molecule has 0 bridgehead atoms. The van der Waals surface area contributed by atoms with Gasteiger partial charge in [-0.05, 0) is 43.7 Å². The van der Waals surface area contributed by atoms with Crippen LogP contribution in [0.1, 0.15) is 19.3 Å². The predicted octanol–water partition coefficient (Wildman–Crippen LogP) is 1.96. The Labute approximate surface area is 135 Å². The van der Waals surface area contributed by atoms with Crippen LogP contribution in [0, 0.1) is 0 Å². The number of hydrogen-bond donors (Lipinski definition) is 3. The molecule has 116 valence electrons. The van der Waals surface area contributed by atoms with Crippen molar-refractivity contribution in [1.29, 1.82) is 0 Å². The van der Waals surface area contributed by atoms with E-state index in [0.29, 0.717) is 17.1 Å². The Morgan fingerprint density at radius 1 is 1.24 bits per heavy atom. The van der Waals surface area contributed by atoms with Gasteiger partial charge in [-0.3, -0.25) is 9.59 Å². The molecule has 1 aliphatic rings. The summed E-state index contributed by atoms with van der Waals surface area (Å²) in [5.74, 6) is -0.351. The van der Waals surface area contributed by atoms with E-state index in [2.05, 4.69) is 16.0 Å². The molecule has 5 nitrogen and oxygen atoms in total. The topological polar surface area (TPSA) is 70.2 Å². The van der Waals surface area contributed by atoms with E-state index in [1.807, 2.05) is 0 Å². The summed E-state index contributed by atoms with van der Waals surface area (Å²) in [5.41, 5.74) is 0.658. The maximum absolute atomic E-state index is 11.7. The van der Waals surface area contributed by atoms with Crippen LogP contribution in [-0.4, -0.2) is 30.9 Å². The summed E-state index contributed by atoms with van der Waals surface area (Å²) in [6.45, 7) is 0.948. The van der Waals surface area contributed by atoms with E-state index in [1.165, 1.54) is 0 Å². The van der Waals surface area contributed by atoms with E-state index < -0.39 is 0 Å². The molecule has 0 spiro atoms. The van der Waals surface area contributed by atoms with Crippen molar-refractivity contribution in [3.05, 3.63) is 29.3 Å². The minimum Gasteiger partial charge on any atom is -0.347 e. The zero-order chi connectivity index (χ0) is 14.4. The minimum absolute atomic E-state index is 0. The third-order valence-electron chi connectivity index (χ3n) is 3.17. The Balaban J connectivity index is 0.00000220. The second-order valence-electron chi connectivity index (χ2n) is 4.83. The number of carbonyl (C=O) groups excluding carboxylic acids is 2. The second-order valence-corrected chi connectivity index (χ2v) is 5.27. The molecule has 0 saturated carbocycles. The van der Waals surface area contributed by atoms with Gasteiger partial charge in [0.15, 0.2) is 0 Å². The first kappa shape index (κ1) is 17.8. The molecule has 1 unspecified atom stereocenters. The lowest BCUT2D eigenvalue weighted by molar-refractivity contribution is -0.124. The Bertz CT molecular complexity index is 474. The minimum atomic E-state index is -0.250. The molecule has 0 aliphatic carbocycles. The summed E-state index contributed by atoms with van der Waals surface area (Å²) in [6, 6.07) is 7.06. The average molecular weight is 332 g/mol. The standard InChI is InChI=1S/C14H18ClN3O2.ClH/c15-10-3-5-11(6-4-10)18-14(20)9-17-13(19)8-12-2-1-7-16-12;/h3-6,12,16H,1-2,7-9H2,(H,17,19)(H,18,20);1H. The maximum Gasteiger partial charge on any atom is 0.243 e. The molecule has 1 fully saturated rings. The highest BCUT2D eigenvalue weighted by molar-refractivity contribution is 6.30. The van der Waals surface area contributed by atoms with Gasteiger partial charge in [0.05, 0.1) is 6.54 Å². The lowest BCUT2D eigenvalue weighted by Crippen LogP contribution is -2.36. The molecule has 1 aliphatic heterocycles. The maximum atomic E-state index is 11.7. The van der Waals surface area contributed by atoms with Gasteiger partial charge in [-0.2, -0.15) is 0 Å². The Morgan fingerprint density at radius 2 is 1.95 bits per heavy atom. The smallest absolute Gasteiger partial charge is 0.243 e. The van der Waals surface area contributed by atoms with Crippen LogP contribution in [0.15, 0.2) is 24.3 Å². The zero-order valence-electron chi connectivity index (χ0n) is 11.5. The summed E-state index contributed by atoms with van der Waals surface area (Å²) >= 11 is 5.76. The molecule has 7 heteroatoms. The lowest BCUT2D eigenvalue weighted by Gasteiger charge is -2.10. The van der Waals surface area contributed by atoms with Crippen LogP contribution in [0.5, 0.6) is 0 Å². The Hall–Kier alpha value is -1.30. The number of halogens is 2. The fourth-order valence-electron chi connectivity index (χ4n) is 2.14. The van der Waals surface area contributed by atoms with Crippen LogP contribution >= 0.6 is 24.0 Å². The third kappa shape index (κ3) is 6.33. The zero-order valence-corrected chi connectivity index (χ0v) is 13.1. The van der Waals surface area contributed by atoms with Gasteiger partial charge in [-0.25, -0.2) is 0 Å². The van der Waals surface area contributed by atoms with E-state index in [9.17, 15) is 9.59 Å². The molecule has 0 radical (unpaired) electrons. The van der Waals surface area contributed by atoms with Gasteiger partial charge >= 0.3 is 0 Å². The van der Waals surface area contributed by atoms with E-state index in [1.54, 1.807) is 24.3 Å². The number of carbonyl (C=O) groups is 2. The lowest BCUT2D eigenvalue weighted by atomic mass is 10.1. The van der Waals surface area contributed by atoms with Crippen molar-refractivity contribution in [2.24, 2.45) is 0 Å². The SMILES string of the molecule is Cl.O=C(CC1CCCN1)NCC(=O)Nc1ccc(Cl)cc1. The van der Waals surface area contributed by atoms with Crippen LogP contribution in [-0.2, 0) is 9.59 Å². The quantitative estimate of drug-likeness (QED) is 0.772. The highest BCUT2D eigenvalue weighted by atomic mass is 35.5. The van der Waals surface area contributed by atoms with E-state index in [0.717, 1.165) is 19.4 Å². The van der Waals surface area contributed by atoms with Crippen molar-refractivity contribution < 1.29 is 9.59 Å². The molecule has 1 aromatic carbocycles. The first-order valence-electron chi connectivity index (χ1n) is 6.69. The van der Waals surface area contributed by atoms with Crippen LogP contribution < -0.4 is 16.0 Å². The van der Waals surface area contributed by atoms with E-state index in [-0.39, 0.29) is 36.8 Å². The van der Waals surface area contributed by atoms with Gasteiger partial charge in [0, 0.05) is 23.2 Å². The molecule has 3 N–H and O–H groups in total.